The SMILES string of the molecule is CC(c1nccs1)n1c(N)nc2cnccc21. The maximum absolute atomic E-state index is 5.96. The normalized spacial score (nSPS) is 13.0. The second-order valence-electron chi connectivity index (χ2n) is 3.75. The predicted molar refractivity (Wildman–Crippen MR) is 67.9 cm³/mol. The molecule has 0 bridgehead atoms. The first-order chi connectivity index (χ1) is 8.27. The third-order valence-electron chi connectivity index (χ3n) is 2.72. The van der Waals surface area contributed by atoms with Gasteiger partial charge in [-0.25, -0.2) is 9.97 Å². The van der Waals surface area contributed by atoms with Crippen molar-refractivity contribution in [1.29, 1.82) is 0 Å². The Balaban J connectivity index is 2.20. The summed E-state index contributed by atoms with van der Waals surface area (Å²) >= 11 is 1.62. The molecule has 0 aliphatic carbocycles. The summed E-state index contributed by atoms with van der Waals surface area (Å²) in [5.41, 5.74) is 7.76. The van der Waals surface area contributed by atoms with Crippen LogP contribution in [0.5, 0.6) is 0 Å². The van der Waals surface area contributed by atoms with Gasteiger partial charge in [0.05, 0.1) is 17.8 Å². The van der Waals surface area contributed by atoms with Crippen LogP contribution in [0.4, 0.5) is 5.95 Å². The zero-order valence-electron chi connectivity index (χ0n) is 9.24. The number of fused-ring (bicyclic) bond motifs is 1. The number of nitrogen functional groups attached to an aromatic ring is 1. The van der Waals surface area contributed by atoms with Crippen molar-refractivity contribution >= 4 is 28.3 Å². The number of hydrogen-bond acceptors (Lipinski definition) is 5. The molecule has 0 aliphatic rings. The van der Waals surface area contributed by atoms with Crippen molar-refractivity contribution in [1.82, 2.24) is 19.5 Å². The zero-order valence-corrected chi connectivity index (χ0v) is 10.1. The smallest absolute Gasteiger partial charge is 0.201 e. The van der Waals surface area contributed by atoms with E-state index in [9.17, 15) is 0 Å². The van der Waals surface area contributed by atoms with E-state index in [0.717, 1.165) is 16.0 Å². The van der Waals surface area contributed by atoms with Crippen LogP contribution in [-0.4, -0.2) is 19.5 Å². The Bertz CT molecular complexity index is 643. The molecule has 0 spiro atoms. The van der Waals surface area contributed by atoms with E-state index in [4.69, 9.17) is 5.73 Å². The van der Waals surface area contributed by atoms with E-state index in [-0.39, 0.29) is 6.04 Å². The fourth-order valence-electron chi connectivity index (χ4n) is 1.93. The molecule has 0 saturated carbocycles. The standard InChI is InChI=1S/C11H11N5S/c1-7(10-14-4-5-17-10)16-9-2-3-13-6-8(9)15-11(16)12/h2-7H,1H3,(H2,12,15). The number of nitrogens with zero attached hydrogens (tertiary/aromatic N) is 4. The van der Waals surface area contributed by atoms with Crippen molar-refractivity contribution in [3.05, 3.63) is 35.0 Å². The van der Waals surface area contributed by atoms with Crippen molar-refractivity contribution in [2.75, 3.05) is 5.73 Å². The number of hydrogen-bond donors (Lipinski definition) is 1. The molecule has 3 aromatic heterocycles. The minimum absolute atomic E-state index is 0.0856. The summed E-state index contributed by atoms with van der Waals surface area (Å²) < 4.78 is 1.98. The van der Waals surface area contributed by atoms with Crippen LogP contribution >= 0.6 is 11.3 Å². The summed E-state index contributed by atoms with van der Waals surface area (Å²) in [6.45, 7) is 2.07. The lowest BCUT2D eigenvalue weighted by atomic mass is 10.3. The Morgan fingerprint density at radius 3 is 3.06 bits per heavy atom. The summed E-state index contributed by atoms with van der Waals surface area (Å²) in [4.78, 5) is 12.7. The Morgan fingerprint density at radius 2 is 2.29 bits per heavy atom. The lowest BCUT2D eigenvalue weighted by Gasteiger charge is -2.12. The molecule has 5 nitrogen and oxygen atoms in total. The second kappa shape index (κ2) is 3.81. The molecule has 1 atom stereocenters. The van der Waals surface area contributed by atoms with Crippen molar-refractivity contribution < 1.29 is 0 Å². The summed E-state index contributed by atoms with van der Waals surface area (Å²) in [6, 6.07) is 2.00. The number of anilines is 1. The zero-order chi connectivity index (χ0) is 11.8. The van der Waals surface area contributed by atoms with Crippen LogP contribution in [0.2, 0.25) is 0 Å². The first-order valence-corrected chi connectivity index (χ1v) is 6.12. The van der Waals surface area contributed by atoms with Gasteiger partial charge < -0.3 is 10.3 Å². The average molecular weight is 245 g/mol. The molecular formula is C11H11N5S. The summed E-state index contributed by atoms with van der Waals surface area (Å²) in [6.07, 6.45) is 5.26. The van der Waals surface area contributed by atoms with Crippen molar-refractivity contribution in [2.24, 2.45) is 0 Å². The van der Waals surface area contributed by atoms with Gasteiger partial charge in [-0.1, -0.05) is 0 Å². The van der Waals surface area contributed by atoms with Gasteiger partial charge in [-0.2, -0.15) is 0 Å². The fourth-order valence-corrected chi connectivity index (χ4v) is 2.61. The number of imidazole rings is 1. The van der Waals surface area contributed by atoms with Crippen LogP contribution < -0.4 is 5.73 Å². The third-order valence-corrected chi connectivity index (χ3v) is 3.66. The number of aromatic nitrogens is 4. The van der Waals surface area contributed by atoms with Crippen LogP contribution in [0.15, 0.2) is 30.0 Å². The minimum Gasteiger partial charge on any atom is -0.369 e. The van der Waals surface area contributed by atoms with Gasteiger partial charge in [0, 0.05) is 17.8 Å². The van der Waals surface area contributed by atoms with E-state index in [1.165, 1.54) is 0 Å². The lowest BCUT2D eigenvalue weighted by molar-refractivity contribution is 0.662. The maximum atomic E-state index is 5.96. The Labute approximate surface area is 102 Å². The fraction of sp³-hybridized carbons (Fsp3) is 0.182. The highest BCUT2D eigenvalue weighted by Crippen LogP contribution is 2.27. The van der Waals surface area contributed by atoms with Crippen molar-refractivity contribution in [2.45, 2.75) is 13.0 Å². The monoisotopic (exact) mass is 245 g/mol. The topological polar surface area (TPSA) is 69.6 Å². The quantitative estimate of drug-likeness (QED) is 0.750. The van der Waals surface area contributed by atoms with Crippen LogP contribution in [0.1, 0.15) is 18.0 Å². The number of pyridine rings is 1. The van der Waals surface area contributed by atoms with Gasteiger partial charge in [-0.05, 0) is 13.0 Å². The van der Waals surface area contributed by atoms with E-state index in [1.807, 2.05) is 16.0 Å². The highest BCUT2D eigenvalue weighted by atomic mass is 32.1. The summed E-state index contributed by atoms with van der Waals surface area (Å²) in [7, 11) is 0. The molecule has 1 unspecified atom stereocenters. The number of rotatable bonds is 2. The van der Waals surface area contributed by atoms with E-state index >= 15 is 0 Å². The Hall–Kier alpha value is -1.95. The van der Waals surface area contributed by atoms with Gasteiger partial charge in [-0.3, -0.25) is 4.98 Å². The molecule has 86 valence electrons. The molecule has 0 aliphatic heterocycles. The number of nitrogens with two attached hydrogens (primary N) is 1. The van der Waals surface area contributed by atoms with Gasteiger partial charge in [0.1, 0.15) is 10.5 Å². The largest absolute Gasteiger partial charge is 0.369 e. The van der Waals surface area contributed by atoms with E-state index < -0.39 is 0 Å². The highest BCUT2D eigenvalue weighted by molar-refractivity contribution is 7.09. The maximum Gasteiger partial charge on any atom is 0.201 e. The molecular weight excluding hydrogens is 234 g/mol. The van der Waals surface area contributed by atoms with Gasteiger partial charge in [-0.15, -0.1) is 11.3 Å². The van der Waals surface area contributed by atoms with Gasteiger partial charge in [0.2, 0.25) is 5.95 Å². The highest BCUT2D eigenvalue weighted by Gasteiger charge is 2.17. The Morgan fingerprint density at radius 1 is 1.41 bits per heavy atom. The van der Waals surface area contributed by atoms with Gasteiger partial charge in [0.25, 0.3) is 0 Å². The summed E-state index contributed by atoms with van der Waals surface area (Å²) in [5, 5.41) is 2.98. The van der Waals surface area contributed by atoms with Crippen LogP contribution in [0.3, 0.4) is 0 Å². The van der Waals surface area contributed by atoms with Crippen LogP contribution in [0, 0.1) is 0 Å². The van der Waals surface area contributed by atoms with E-state index in [1.54, 1.807) is 29.9 Å². The van der Waals surface area contributed by atoms with Crippen LogP contribution in [0.25, 0.3) is 11.0 Å². The molecule has 2 N–H and O–H groups in total. The third kappa shape index (κ3) is 1.57. The first kappa shape index (κ1) is 10.2. The number of thiazole rings is 1. The molecule has 0 radical (unpaired) electrons. The molecule has 0 saturated heterocycles. The predicted octanol–water partition coefficient (Wildman–Crippen LogP) is 2.08. The van der Waals surface area contributed by atoms with E-state index in [2.05, 4.69) is 21.9 Å². The minimum atomic E-state index is 0.0856. The van der Waals surface area contributed by atoms with Crippen molar-refractivity contribution in [3.63, 3.8) is 0 Å². The summed E-state index contributed by atoms with van der Waals surface area (Å²) in [5.74, 6) is 0.496. The lowest BCUT2D eigenvalue weighted by Crippen LogP contribution is -2.09. The second-order valence-corrected chi connectivity index (χ2v) is 4.68. The van der Waals surface area contributed by atoms with E-state index in [0.29, 0.717) is 5.95 Å². The van der Waals surface area contributed by atoms with Gasteiger partial charge >= 0.3 is 0 Å². The molecule has 0 fully saturated rings. The molecule has 3 rings (SSSR count). The molecule has 17 heavy (non-hydrogen) atoms. The molecule has 0 aromatic carbocycles. The Kier molecular flexibility index (Phi) is 2.29. The van der Waals surface area contributed by atoms with Crippen LogP contribution in [-0.2, 0) is 0 Å². The average Bonchev–Trinajstić information content (AvgIpc) is 2.94. The van der Waals surface area contributed by atoms with Crippen molar-refractivity contribution in [3.8, 4) is 0 Å². The molecule has 6 heteroatoms. The van der Waals surface area contributed by atoms with Gasteiger partial charge in [0.15, 0.2) is 0 Å². The molecule has 0 amide bonds. The molecule has 3 heterocycles. The first-order valence-electron chi connectivity index (χ1n) is 5.24. The molecule has 3 aromatic rings.